The number of nitrogens with zero attached hydrogens (tertiary/aromatic N) is 3. The zero-order valence-corrected chi connectivity index (χ0v) is 11.7. The van der Waals surface area contributed by atoms with Crippen LogP contribution in [0.5, 0.6) is 0 Å². The van der Waals surface area contributed by atoms with E-state index in [2.05, 4.69) is 26.7 Å². The molecule has 0 bridgehead atoms. The van der Waals surface area contributed by atoms with Gasteiger partial charge in [-0.05, 0) is 12.8 Å². The quantitative estimate of drug-likeness (QED) is 0.782. The van der Waals surface area contributed by atoms with Crippen LogP contribution in [0.15, 0.2) is 12.4 Å². The number of rotatable bonds is 5. The van der Waals surface area contributed by atoms with Crippen LogP contribution in [0.4, 0.5) is 0 Å². The van der Waals surface area contributed by atoms with Crippen molar-refractivity contribution in [2.45, 2.75) is 44.9 Å². The molecule has 1 aromatic rings. The molecule has 1 saturated heterocycles. The van der Waals surface area contributed by atoms with Crippen LogP contribution in [0.3, 0.4) is 0 Å². The molecule has 0 aliphatic carbocycles. The molecule has 6 nitrogen and oxygen atoms in total. The molecule has 0 aromatic carbocycles. The van der Waals surface area contributed by atoms with E-state index in [1.807, 2.05) is 12.4 Å². The third-order valence-corrected chi connectivity index (χ3v) is 3.60. The predicted octanol–water partition coefficient (Wildman–Crippen LogP) is -0.0593. The summed E-state index contributed by atoms with van der Waals surface area (Å²) in [7, 11) is 1.67. The number of carbonyl (C=O) groups excluding carboxylic acids is 1. The number of likely N-dealkylation sites (tertiary alicyclic amines) is 1. The molecule has 0 saturated carbocycles. The molecule has 19 heavy (non-hydrogen) atoms. The van der Waals surface area contributed by atoms with Crippen molar-refractivity contribution in [1.29, 1.82) is 0 Å². The summed E-state index contributed by atoms with van der Waals surface area (Å²) in [6.07, 6.45) is 5.59. The lowest BCUT2D eigenvalue weighted by atomic mass is 10.1. The topological polar surface area (TPSA) is 76.2 Å². The van der Waals surface area contributed by atoms with Crippen molar-refractivity contribution in [3.05, 3.63) is 18.2 Å². The summed E-state index contributed by atoms with van der Waals surface area (Å²) in [5.74, 6) is 1.05. The second kappa shape index (κ2) is 6.16. The number of hydrogen-bond donors (Lipinski definition) is 2. The third-order valence-electron chi connectivity index (χ3n) is 3.60. The Labute approximate surface area is 114 Å². The largest absolute Gasteiger partial charge is 0.358 e. The number of likely N-dealkylation sites (N-methyl/N-ethyl adjacent to an activating group) is 1. The van der Waals surface area contributed by atoms with Gasteiger partial charge < -0.3 is 15.6 Å². The van der Waals surface area contributed by atoms with E-state index in [1.54, 1.807) is 7.05 Å². The second-order valence-corrected chi connectivity index (χ2v) is 5.09. The van der Waals surface area contributed by atoms with Crippen molar-refractivity contribution in [3.8, 4) is 0 Å². The van der Waals surface area contributed by atoms with Crippen molar-refractivity contribution in [3.63, 3.8) is 0 Å². The number of aryl methyl sites for hydroxylation is 1. The summed E-state index contributed by atoms with van der Waals surface area (Å²) in [6, 6.07) is -0.0661. The molecule has 6 heteroatoms. The highest BCUT2D eigenvalue weighted by molar-refractivity contribution is 5.81. The highest BCUT2D eigenvalue weighted by Crippen LogP contribution is 2.19. The van der Waals surface area contributed by atoms with E-state index < -0.39 is 0 Å². The number of carbonyl (C=O) groups is 1. The molecule has 0 unspecified atom stereocenters. The zero-order valence-electron chi connectivity index (χ0n) is 11.7. The highest BCUT2D eigenvalue weighted by atomic mass is 16.2. The van der Waals surface area contributed by atoms with Gasteiger partial charge in [-0.3, -0.25) is 9.69 Å². The molecule has 2 atom stereocenters. The van der Waals surface area contributed by atoms with Gasteiger partial charge in [0, 0.05) is 38.6 Å². The van der Waals surface area contributed by atoms with Gasteiger partial charge in [-0.1, -0.05) is 6.92 Å². The van der Waals surface area contributed by atoms with Crippen LogP contribution < -0.4 is 11.1 Å². The molecule has 1 aliphatic heterocycles. The molecule has 0 spiro atoms. The van der Waals surface area contributed by atoms with E-state index in [1.165, 1.54) is 0 Å². The van der Waals surface area contributed by atoms with E-state index in [0.717, 1.165) is 25.3 Å². The Morgan fingerprint density at radius 3 is 3.11 bits per heavy atom. The van der Waals surface area contributed by atoms with Gasteiger partial charge in [0.2, 0.25) is 5.91 Å². The predicted molar refractivity (Wildman–Crippen MR) is 73.4 cm³/mol. The minimum absolute atomic E-state index is 0.0431. The van der Waals surface area contributed by atoms with Gasteiger partial charge in [0.25, 0.3) is 0 Å². The Hall–Kier alpha value is -1.40. The number of nitrogens with two attached hydrogens (primary N) is 1. The zero-order chi connectivity index (χ0) is 13.8. The van der Waals surface area contributed by atoms with Crippen LogP contribution >= 0.6 is 0 Å². The molecule has 1 aromatic heterocycles. The van der Waals surface area contributed by atoms with E-state index in [4.69, 9.17) is 5.73 Å². The first-order chi connectivity index (χ1) is 9.15. The normalized spacial score (nSPS) is 23.7. The van der Waals surface area contributed by atoms with E-state index in [9.17, 15) is 4.79 Å². The van der Waals surface area contributed by atoms with Gasteiger partial charge in [0.1, 0.15) is 5.82 Å². The van der Waals surface area contributed by atoms with E-state index >= 15 is 0 Å². The average molecular weight is 265 g/mol. The fourth-order valence-corrected chi connectivity index (χ4v) is 2.67. The summed E-state index contributed by atoms with van der Waals surface area (Å²) in [5.41, 5.74) is 5.98. The van der Waals surface area contributed by atoms with Gasteiger partial charge in [-0.15, -0.1) is 0 Å². The van der Waals surface area contributed by atoms with Crippen LogP contribution in [0.1, 0.15) is 25.6 Å². The summed E-state index contributed by atoms with van der Waals surface area (Å²) in [6.45, 7) is 4.53. The Morgan fingerprint density at radius 1 is 1.63 bits per heavy atom. The lowest BCUT2D eigenvalue weighted by Crippen LogP contribution is -2.41. The van der Waals surface area contributed by atoms with Crippen LogP contribution in [0.2, 0.25) is 0 Å². The standard InChI is InChI=1S/C13H23N5O/c1-3-5-17-6-4-16-12(17)9-18-8-10(14)7-11(18)13(19)15-2/h4,6,10-11H,3,5,7-9,14H2,1-2H3,(H,15,19)/t10-,11+/m1/s1. The maximum absolute atomic E-state index is 11.9. The molecule has 1 fully saturated rings. The van der Waals surface area contributed by atoms with Crippen molar-refractivity contribution in [2.24, 2.45) is 5.73 Å². The highest BCUT2D eigenvalue weighted by Gasteiger charge is 2.35. The molecule has 3 N–H and O–H groups in total. The minimum Gasteiger partial charge on any atom is -0.358 e. The van der Waals surface area contributed by atoms with E-state index in [0.29, 0.717) is 13.0 Å². The monoisotopic (exact) mass is 265 g/mol. The number of amides is 1. The lowest BCUT2D eigenvalue weighted by Gasteiger charge is -2.22. The summed E-state index contributed by atoms with van der Waals surface area (Å²) < 4.78 is 2.14. The fraction of sp³-hybridized carbons (Fsp3) is 0.692. The van der Waals surface area contributed by atoms with Crippen molar-refractivity contribution in [2.75, 3.05) is 13.6 Å². The second-order valence-electron chi connectivity index (χ2n) is 5.09. The summed E-state index contributed by atoms with van der Waals surface area (Å²) >= 11 is 0. The Bertz CT molecular complexity index is 430. The van der Waals surface area contributed by atoms with Crippen molar-refractivity contribution >= 4 is 5.91 Å². The molecule has 2 rings (SSSR count). The van der Waals surface area contributed by atoms with Gasteiger partial charge >= 0.3 is 0 Å². The Kier molecular flexibility index (Phi) is 4.55. The van der Waals surface area contributed by atoms with Gasteiger partial charge in [0.05, 0.1) is 12.6 Å². The van der Waals surface area contributed by atoms with Gasteiger partial charge in [-0.25, -0.2) is 4.98 Å². The number of hydrogen-bond acceptors (Lipinski definition) is 4. The molecule has 0 radical (unpaired) electrons. The molecule has 106 valence electrons. The van der Waals surface area contributed by atoms with Crippen LogP contribution in [0.25, 0.3) is 0 Å². The maximum Gasteiger partial charge on any atom is 0.237 e. The average Bonchev–Trinajstić information content (AvgIpc) is 2.97. The minimum atomic E-state index is -0.133. The maximum atomic E-state index is 11.9. The first kappa shape index (κ1) is 14.0. The van der Waals surface area contributed by atoms with Crippen LogP contribution in [-0.4, -0.2) is 46.0 Å². The summed E-state index contributed by atoms with van der Waals surface area (Å²) in [5, 5.41) is 2.71. The van der Waals surface area contributed by atoms with Crippen molar-refractivity contribution in [1.82, 2.24) is 19.8 Å². The smallest absolute Gasteiger partial charge is 0.237 e. The Morgan fingerprint density at radius 2 is 2.42 bits per heavy atom. The van der Waals surface area contributed by atoms with Gasteiger partial charge in [-0.2, -0.15) is 0 Å². The molecular formula is C13H23N5O. The SMILES string of the molecule is CCCn1ccnc1CN1C[C@H](N)C[C@H]1C(=O)NC. The molecule has 1 aliphatic rings. The molecule has 2 heterocycles. The first-order valence-corrected chi connectivity index (χ1v) is 6.87. The lowest BCUT2D eigenvalue weighted by molar-refractivity contribution is -0.125. The first-order valence-electron chi connectivity index (χ1n) is 6.87. The Balaban J connectivity index is 2.07. The summed E-state index contributed by atoms with van der Waals surface area (Å²) in [4.78, 5) is 18.4. The number of aromatic nitrogens is 2. The third kappa shape index (κ3) is 3.13. The van der Waals surface area contributed by atoms with E-state index in [-0.39, 0.29) is 18.0 Å². The number of imidazole rings is 1. The van der Waals surface area contributed by atoms with Crippen LogP contribution in [-0.2, 0) is 17.9 Å². The molecule has 1 amide bonds. The van der Waals surface area contributed by atoms with Crippen molar-refractivity contribution < 1.29 is 4.79 Å². The molecular weight excluding hydrogens is 242 g/mol. The van der Waals surface area contributed by atoms with Crippen LogP contribution in [0, 0.1) is 0 Å². The fourth-order valence-electron chi connectivity index (χ4n) is 2.67. The van der Waals surface area contributed by atoms with Gasteiger partial charge in [0.15, 0.2) is 0 Å². The number of nitrogens with one attached hydrogen (secondary N) is 1.